The lowest BCUT2D eigenvalue weighted by Crippen LogP contribution is -2.24. The van der Waals surface area contributed by atoms with Crippen LogP contribution in [0.2, 0.25) is 0 Å². The molecule has 1 saturated carbocycles. The number of amides is 1. The van der Waals surface area contributed by atoms with Crippen molar-refractivity contribution >= 4 is 29.0 Å². The lowest BCUT2D eigenvalue weighted by atomic mass is 10.1. The van der Waals surface area contributed by atoms with E-state index in [4.69, 9.17) is 17.0 Å². The second-order valence-corrected chi connectivity index (χ2v) is 7.99. The molecule has 1 aliphatic carbocycles. The monoisotopic (exact) mass is 436 g/mol. The minimum absolute atomic E-state index is 0.211. The number of carbonyl (C=O) groups excluding carboxylic acids is 1. The quantitative estimate of drug-likeness (QED) is 0.433. The van der Waals surface area contributed by atoms with Gasteiger partial charge in [0, 0.05) is 30.9 Å². The lowest BCUT2D eigenvalue weighted by Gasteiger charge is -2.13. The van der Waals surface area contributed by atoms with Crippen molar-refractivity contribution in [2.75, 3.05) is 0 Å². The first-order valence-corrected chi connectivity index (χ1v) is 10.7. The van der Waals surface area contributed by atoms with Gasteiger partial charge in [-0.15, -0.1) is 6.58 Å². The third-order valence-corrected chi connectivity index (χ3v) is 5.72. The number of rotatable bonds is 7. The van der Waals surface area contributed by atoms with Gasteiger partial charge in [-0.25, -0.2) is 4.98 Å². The van der Waals surface area contributed by atoms with Crippen LogP contribution in [-0.2, 0) is 13.1 Å². The fourth-order valence-electron chi connectivity index (χ4n) is 3.78. The number of H-pyrrole nitrogens is 1. The summed E-state index contributed by atoms with van der Waals surface area (Å²) in [7, 11) is 0. The number of allylic oxidation sites excluding steroid dienone is 1. The number of aromatic nitrogens is 3. The van der Waals surface area contributed by atoms with E-state index in [1.54, 1.807) is 30.5 Å². The second-order valence-electron chi connectivity index (χ2n) is 7.60. The number of hydrogen-bond donors (Lipinski definition) is 2. The number of nitrogens with zero attached hydrogens (tertiary/aromatic N) is 2. The summed E-state index contributed by atoms with van der Waals surface area (Å²) < 4.78 is 7.65. The highest BCUT2D eigenvalue weighted by atomic mass is 32.1. The first-order valence-electron chi connectivity index (χ1n) is 10.3. The molecule has 4 rings (SSSR count). The van der Waals surface area contributed by atoms with Gasteiger partial charge in [-0.2, -0.15) is 0 Å². The number of nitrogens with one attached hydrogen (secondary N) is 2. The zero-order chi connectivity index (χ0) is 21.8. The Balaban J connectivity index is 1.47. The first-order chi connectivity index (χ1) is 15.0. The van der Waals surface area contributed by atoms with E-state index in [0.717, 1.165) is 18.4 Å². The van der Waals surface area contributed by atoms with Gasteiger partial charge < -0.3 is 15.0 Å². The van der Waals surface area contributed by atoms with Gasteiger partial charge in [0.05, 0.1) is 10.9 Å². The Hall–Kier alpha value is -3.26. The van der Waals surface area contributed by atoms with Crippen LogP contribution in [0.25, 0.3) is 10.9 Å². The van der Waals surface area contributed by atoms with E-state index in [0.29, 0.717) is 40.2 Å². The fourth-order valence-corrected chi connectivity index (χ4v) is 4.04. The minimum atomic E-state index is -0.244. The van der Waals surface area contributed by atoms with Gasteiger partial charge in [0.15, 0.2) is 4.77 Å². The zero-order valence-corrected chi connectivity index (χ0v) is 17.9. The third kappa shape index (κ3) is 4.74. The molecule has 8 heteroatoms. The molecular weight excluding hydrogens is 412 g/mol. The molecule has 0 spiro atoms. The van der Waals surface area contributed by atoms with Crippen LogP contribution in [0.3, 0.4) is 0 Å². The van der Waals surface area contributed by atoms with Crippen molar-refractivity contribution in [3.63, 3.8) is 0 Å². The molecule has 7 nitrogen and oxygen atoms in total. The smallest absolute Gasteiger partial charge is 0.262 e. The Morgan fingerprint density at radius 1 is 1.32 bits per heavy atom. The van der Waals surface area contributed by atoms with E-state index in [1.807, 2.05) is 12.1 Å². The highest BCUT2D eigenvalue weighted by Gasteiger charge is 2.17. The van der Waals surface area contributed by atoms with Crippen molar-refractivity contribution in [1.82, 2.24) is 19.9 Å². The Bertz CT molecular complexity index is 1240. The SMILES string of the molecule is C=CCn1c(=S)[nH]c2cc(C(=O)NCc3ccnc(OC4CCCC4)c3)ccc2c1=O. The molecule has 1 amide bonds. The van der Waals surface area contributed by atoms with Gasteiger partial charge in [-0.1, -0.05) is 6.08 Å². The van der Waals surface area contributed by atoms with Crippen LogP contribution >= 0.6 is 12.2 Å². The van der Waals surface area contributed by atoms with Gasteiger partial charge in [0.2, 0.25) is 5.88 Å². The summed E-state index contributed by atoms with van der Waals surface area (Å²) in [5.74, 6) is 0.347. The van der Waals surface area contributed by atoms with Crippen LogP contribution in [0, 0.1) is 4.77 Å². The van der Waals surface area contributed by atoms with Gasteiger partial charge >= 0.3 is 0 Å². The second kappa shape index (κ2) is 9.26. The Morgan fingerprint density at radius 2 is 2.13 bits per heavy atom. The van der Waals surface area contributed by atoms with E-state index in [-0.39, 0.29) is 17.6 Å². The normalized spacial score (nSPS) is 13.9. The zero-order valence-electron chi connectivity index (χ0n) is 17.1. The minimum Gasteiger partial charge on any atom is -0.474 e. The predicted octanol–water partition coefficient (Wildman–Crippen LogP) is 3.89. The van der Waals surface area contributed by atoms with E-state index in [1.165, 1.54) is 17.4 Å². The third-order valence-electron chi connectivity index (χ3n) is 5.40. The molecule has 0 atom stereocenters. The highest BCUT2D eigenvalue weighted by Crippen LogP contribution is 2.23. The van der Waals surface area contributed by atoms with Crippen LogP contribution in [-0.4, -0.2) is 26.5 Å². The van der Waals surface area contributed by atoms with Crippen LogP contribution in [0.5, 0.6) is 5.88 Å². The number of ether oxygens (including phenoxy) is 1. The fraction of sp³-hybridized carbons (Fsp3) is 0.304. The number of hydrogen-bond acceptors (Lipinski definition) is 5. The van der Waals surface area contributed by atoms with Crippen LogP contribution in [0.15, 0.2) is 54.0 Å². The summed E-state index contributed by atoms with van der Waals surface area (Å²) in [6.07, 6.45) is 8.05. The standard InChI is InChI=1S/C23H24N4O3S/c1-2-11-27-22(29)18-8-7-16(13-19(18)26-23(27)31)21(28)25-14-15-9-10-24-20(12-15)30-17-5-3-4-6-17/h2,7-10,12-13,17H,1,3-6,11,14H2,(H,25,28)(H,26,31). The van der Waals surface area contributed by atoms with E-state index in [9.17, 15) is 9.59 Å². The molecule has 0 saturated heterocycles. The van der Waals surface area contributed by atoms with Crippen molar-refractivity contribution < 1.29 is 9.53 Å². The van der Waals surface area contributed by atoms with Crippen molar-refractivity contribution in [3.8, 4) is 5.88 Å². The molecular formula is C23H24N4O3S. The van der Waals surface area contributed by atoms with Gasteiger partial charge in [-0.3, -0.25) is 14.2 Å². The first kappa shape index (κ1) is 21.0. The summed E-state index contributed by atoms with van der Waals surface area (Å²) in [5, 5.41) is 3.37. The molecule has 0 bridgehead atoms. The van der Waals surface area contributed by atoms with Crippen molar-refractivity contribution in [2.24, 2.45) is 0 Å². The maximum atomic E-state index is 12.7. The summed E-state index contributed by atoms with van der Waals surface area (Å²) in [5.41, 5.74) is 1.66. The van der Waals surface area contributed by atoms with Gasteiger partial charge in [0.1, 0.15) is 6.10 Å². The molecule has 2 heterocycles. The summed E-state index contributed by atoms with van der Waals surface area (Å²) in [6, 6.07) is 8.62. The predicted molar refractivity (Wildman–Crippen MR) is 122 cm³/mol. The largest absolute Gasteiger partial charge is 0.474 e. The maximum absolute atomic E-state index is 12.7. The molecule has 2 aromatic heterocycles. The van der Waals surface area contributed by atoms with Crippen molar-refractivity contribution in [2.45, 2.75) is 44.9 Å². The van der Waals surface area contributed by atoms with Crippen molar-refractivity contribution in [1.29, 1.82) is 0 Å². The molecule has 1 aromatic carbocycles. The molecule has 160 valence electrons. The van der Waals surface area contributed by atoms with Gasteiger partial charge in [-0.05, 0) is 67.7 Å². The maximum Gasteiger partial charge on any atom is 0.262 e. The molecule has 1 fully saturated rings. The average molecular weight is 437 g/mol. The lowest BCUT2D eigenvalue weighted by molar-refractivity contribution is 0.0951. The number of benzene rings is 1. The summed E-state index contributed by atoms with van der Waals surface area (Å²) in [6.45, 7) is 4.32. The highest BCUT2D eigenvalue weighted by molar-refractivity contribution is 7.71. The number of fused-ring (bicyclic) bond motifs is 1. The molecule has 1 aliphatic rings. The van der Waals surface area contributed by atoms with Crippen LogP contribution < -0.4 is 15.6 Å². The molecule has 0 unspecified atom stereocenters. The number of aromatic amines is 1. The molecule has 0 radical (unpaired) electrons. The molecule has 31 heavy (non-hydrogen) atoms. The number of carbonyl (C=O) groups is 1. The van der Waals surface area contributed by atoms with Crippen LogP contribution in [0.1, 0.15) is 41.6 Å². The van der Waals surface area contributed by atoms with E-state index >= 15 is 0 Å². The summed E-state index contributed by atoms with van der Waals surface area (Å²) in [4.78, 5) is 32.6. The molecule has 0 aliphatic heterocycles. The number of pyridine rings is 1. The Morgan fingerprint density at radius 3 is 2.90 bits per heavy atom. The summed E-state index contributed by atoms with van der Waals surface area (Å²) >= 11 is 5.26. The van der Waals surface area contributed by atoms with Crippen molar-refractivity contribution in [3.05, 3.63) is 75.4 Å². The van der Waals surface area contributed by atoms with Crippen LogP contribution in [0.4, 0.5) is 0 Å². The topological polar surface area (TPSA) is 89.0 Å². The van der Waals surface area contributed by atoms with Gasteiger partial charge in [0.25, 0.3) is 11.5 Å². The Labute approximate surface area is 184 Å². The average Bonchev–Trinajstić information content (AvgIpc) is 3.28. The Kier molecular flexibility index (Phi) is 6.27. The molecule has 3 aromatic rings. The van der Waals surface area contributed by atoms with E-state index in [2.05, 4.69) is 21.9 Å². The molecule has 2 N–H and O–H groups in total. The van der Waals surface area contributed by atoms with E-state index < -0.39 is 0 Å².